The van der Waals surface area contributed by atoms with Crippen molar-refractivity contribution in [1.29, 1.82) is 0 Å². The molecule has 1 aromatic carbocycles. The van der Waals surface area contributed by atoms with E-state index in [9.17, 15) is 0 Å². The highest BCUT2D eigenvalue weighted by molar-refractivity contribution is 8.14. The minimum atomic E-state index is 1.16. The minimum Gasteiger partial charge on any atom is -0.378 e. The lowest BCUT2D eigenvalue weighted by molar-refractivity contribution is -0.485. The predicted octanol–water partition coefficient (Wildman–Crippen LogP) is 1.89. The zero-order valence-corrected chi connectivity index (χ0v) is 10.3. The summed E-state index contributed by atoms with van der Waals surface area (Å²) >= 11 is 1.95. The Labute approximate surface area is 95.6 Å². The molecular formula is C12H17N2S+. The van der Waals surface area contributed by atoms with Crippen LogP contribution in [-0.4, -0.2) is 43.1 Å². The summed E-state index contributed by atoms with van der Waals surface area (Å²) in [5, 5.41) is 1.40. The van der Waals surface area contributed by atoms with Crippen molar-refractivity contribution < 1.29 is 4.58 Å². The topological polar surface area (TPSA) is 6.25 Å². The van der Waals surface area contributed by atoms with E-state index in [2.05, 4.69) is 54.9 Å². The van der Waals surface area contributed by atoms with E-state index in [1.807, 2.05) is 11.8 Å². The van der Waals surface area contributed by atoms with E-state index >= 15 is 0 Å². The summed E-state index contributed by atoms with van der Waals surface area (Å²) in [5.74, 6) is 1.21. The first-order valence-corrected chi connectivity index (χ1v) is 6.15. The van der Waals surface area contributed by atoms with Crippen LogP contribution >= 0.6 is 11.8 Å². The third kappa shape index (κ3) is 2.17. The maximum absolute atomic E-state index is 2.33. The van der Waals surface area contributed by atoms with E-state index in [-0.39, 0.29) is 0 Å². The molecule has 1 aliphatic rings. The Balaban J connectivity index is 2.28. The molecule has 3 heteroatoms. The summed E-state index contributed by atoms with van der Waals surface area (Å²) in [5.41, 5.74) is 2.59. The molecule has 80 valence electrons. The number of nitrogens with zero attached hydrogens (tertiary/aromatic N) is 2. The van der Waals surface area contributed by atoms with Crippen LogP contribution in [0.1, 0.15) is 5.56 Å². The van der Waals surface area contributed by atoms with Crippen molar-refractivity contribution in [2.45, 2.75) is 0 Å². The molecule has 0 saturated heterocycles. The SMILES string of the molecule is CN(C)c1ccc(C2=[N+](C)CCS2)cc1. The maximum atomic E-state index is 2.33. The highest BCUT2D eigenvalue weighted by Crippen LogP contribution is 2.20. The van der Waals surface area contributed by atoms with Crippen LogP contribution in [0.5, 0.6) is 0 Å². The van der Waals surface area contributed by atoms with Crippen molar-refractivity contribution in [2.24, 2.45) is 0 Å². The first-order valence-electron chi connectivity index (χ1n) is 5.17. The smallest absolute Gasteiger partial charge is 0.242 e. The fraction of sp³-hybridized carbons (Fsp3) is 0.417. The fourth-order valence-corrected chi connectivity index (χ4v) is 2.87. The average Bonchev–Trinajstić information content (AvgIpc) is 2.65. The predicted molar refractivity (Wildman–Crippen MR) is 68.4 cm³/mol. The number of anilines is 1. The van der Waals surface area contributed by atoms with Crippen LogP contribution in [0, 0.1) is 0 Å². The second-order valence-corrected chi connectivity index (χ2v) is 5.10. The van der Waals surface area contributed by atoms with Crippen LogP contribution in [0.4, 0.5) is 5.69 Å². The number of benzene rings is 1. The van der Waals surface area contributed by atoms with Gasteiger partial charge in [-0.25, -0.2) is 4.58 Å². The molecule has 0 amide bonds. The van der Waals surface area contributed by atoms with Gasteiger partial charge in [0.25, 0.3) is 0 Å². The van der Waals surface area contributed by atoms with E-state index in [4.69, 9.17) is 0 Å². The van der Waals surface area contributed by atoms with E-state index in [0.717, 1.165) is 6.54 Å². The van der Waals surface area contributed by atoms with Crippen LogP contribution in [-0.2, 0) is 0 Å². The van der Waals surface area contributed by atoms with Crippen LogP contribution in [0.2, 0.25) is 0 Å². The molecule has 0 bridgehead atoms. The third-order valence-electron chi connectivity index (χ3n) is 2.64. The van der Waals surface area contributed by atoms with Gasteiger partial charge in [0.2, 0.25) is 5.04 Å². The van der Waals surface area contributed by atoms with Crippen molar-refractivity contribution >= 4 is 22.5 Å². The van der Waals surface area contributed by atoms with E-state index < -0.39 is 0 Å². The van der Waals surface area contributed by atoms with Crippen molar-refractivity contribution in [1.82, 2.24) is 0 Å². The van der Waals surface area contributed by atoms with Gasteiger partial charge in [0.1, 0.15) is 7.05 Å². The van der Waals surface area contributed by atoms with E-state index in [1.165, 1.54) is 22.0 Å². The van der Waals surface area contributed by atoms with Crippen molar-refractivity contribution in [3.8, 4) is 0 Å². The number of thioether (sulfide) groups is 1. The Hall–Kier alpha value is -0.960. The van der Waals surface area contributed by atoms with Gasteiger partial charge in [-0.2, -0.15) is 0 Å². The van der Waals surface area contributed by atoms with Gasteiger partial charge >= 0.3 is 0 Å². The Morgan fingerprint density at radius 3 is 2.33 bits per heavy atom. The van der Waals surface area contributed by atoms with Crippen molar-refractivity contribution in [3.05, 3.63) is 29.8 Å². The molecule has 0 saturated carbocycles. The normalized spacial score (nSPS) is 15.9. The number of hydrogen-bond acceptors (Lipinski definition) is 2. The standard InChI is InChI=1S/C12H17N2S/c1-13(2)11-6-4-10(5-7-11)12-14(3)8-9-15-12/h4-7H,8-9H2,1-3H3/q+1. The van der Waals surface area contributed by atoms with Crippen molar-refractivity contribution in [2.75, 3.05) is 38.3 Å². The lowest BCUT2D eigenvalue weighted by Crippen LogP contribution is -2.11. The molecule has 1 aliphatic heterocycles. The number of rotatable bonds is 2. The van der Waals surface area contributed by atoms with Crippen LogP contribution in [0.15, 0.2) is 24.3 Å². The zero-order valence-electron chi connectivity index (χ0n) is 9.53. The van der Waals surface area contributed by atoms with Gasteiger partial charge in [-0.05, 0) is 24.3 Å². The van der Waals surface area contributed by atoms with Gasteiger partial charge in [0.05, 0.1) is 11.3 Å². The molecule has 0 aromatic heterocycles. The molecule has 0 atom stereocenters. The van der Waals surface area contributed by atoms with Gasteiger partial charge < -0.3 is 4.90 Å². The lowest BCUT2D eigenvalue weighted by Gasteiger charge is -2.11. The Kier molecular flexibility index (Phi) is 3.00. The zero-order chi connectivity index (χ0) is 10.8. The number of hydrogen-bond donors (Lipinski definition) is 0. The summed E-state index contributed by atoms with van der Waals surface area (Å²) in [6.07, 6.45) is 0. The third-order valence-corrected chi connectivity index (χ3v) is 3.85. The van der Waals surface area contributed by atoms with E-state index in [1.54, 1.807) is 0 Å². The molecule has 0 spiro atoms. The minimum absolute atomic E-state index is 1.16. The summed E-state index contributed by atoms with van der Waals surface area (Å²) in [7, 11) is 6.30. The van der Waals surface area contributed by atoms with Crippen LogP contribution in [0.25, 0.3) is 0 Å². The molecular weight excluding hydrogens is 204 g/mol. The maximum Gasteiger partial charge on any atom is 0.242 e. The van der Waals surface area contributed by atoms with Gasteiger partial charge in [-0.15, -0.1) is 0 Å². The summed E-state index contributed by atoms with van der Waals surface area (Å²) in [4.78, 5) is 2.12. The molecule has 2 rings (SSSR count). The average molecular weight is 221 g/mol. The Bertz CT molecular complexity index is 379. The monoisotopic (exact) mass is 221 g/mol. The second-order valence-electron chi connectivity index (χ2n) is 4.02. The quantitative estimate of drug-likeness (QED) is 0.704. The largest absolute Gasteiger partial charge is 0.378 e. The summed E-state index contributed by atoms with van der Waals surface area (Å²) < 4.78 is 2.33. The molecule has 0 aliphatic carbocycles. The van der Waals surface area contributed by atoms with Gasteiger partial charge in [-0.1, -0.05) is 11.8 Å². The molecule has 15 heavy (non-hydrogen) atoms. The molecule has 0 unspecified atom stereocenters. The van der Waals surface area contributed by atoms with Crippen LogP contribution < -0.4 is 4.90 Å². The Morgan fingerprint density at radius 1 is 1.20 bits per heavy atom. The van der Waals surface area contributed by atoms with Gasteiger partial charge in [-0.3, -0.25) is 0 Å². The molecule has 1 aromatic rings. The fourth-order valence-electron chi connectivity index (χ4n) is 1.70. The summed E-state index contributed by atoms with van der Waals surface area (Å²) in [6.45, 7) is 1.16. The van der Waals surface area contributed by atoms with Crippen molar-refractivity contribution in [3.63, 3.8) is 0 Å². The lowest BCUT2D eigenvalue weighted by atomic mass is 10.2. The highest BCUT2D eigenvalue weighted by Gasteiger charge is 2.21. The van der Waals surface area contributed by atoms with Gasteiger partial charge in [0, 0.05) is 19.8 Å². The summed E-state index contributed by atoms with van der Waals surface area (Å²) in [6, 6.07) is 8.77. The highest BCUT2D eigenvalue weighted by atomic mass is 32.2. The molecule has 0 N–H and O–H groups in total. The molecule has 0 radical (unpaired) electrons. The first-order chi connectivity index (χ1) is 7.18. The van der Waals surface area contributed by atoms with Crippen LogP contribution in [0.3, 0.4) is 0 Å². The van der Waals surface area contributed by atoms with E-state index in [0.29, 0.717) is 0 Å². The second kappa shape index (κ2) is 4.27. The Morgan fingerprint density at radius 2 is 1.87 bits per heavy atom. The molecule has 2 nitrogen and oxygen atoms in total. The molecule has 0 fully saturated rings. The first kappa shape index (κ1) is 10.6. The molecule has 1 heterocycles. The van der Waals surface area contributed by atoms with Gasteiger partial charge in [0.15, 0.2) is 6.54 Å².